The fourth-order valence-corrected chi connectivity index (χ4v) is 6.28. The van der Waals surface area contributed by atoms with Gasteiger partial charge in [-0.3, -0.25) is 28.8 Å². The number of esters is 3. The predicted octanol–water partition coefficient (Wildman–Crippen LogP) is 3.11. The Bertz CT molecular complexity index is 1860. The van der Waals surface area contributed by atoms with Crippen LogP contribution in [0.2, 0.25) is 0 Å². The Balaban J connectivity index is -0.000000236. The molecule has 0 heterocycles. The number of amides is 2. The topological polar surface area (TPSA) is 435 Å². The van der Waals surface area contributed by atoms with Crippen LogP contribution >= 0.6 is 0 Å². The molecule has 0 aliphatic carbocycles. The van der Waals surface area contributed by atoms with Gasteiger partial charge >= 0.3 is 53.5 Å². The molecule has 0 spiro atoms. The monoisotopic (exact) mass is 1310 g/mol. The number of nitrogens with zero attached hydrogens (tertiary/aromatic N) is 3. The molecule has 10 N–H and O–H groups in total. The number of carbonyl (C=O) groups is 8. The smallest absolute Gasteiger partial charge is 0.870 e. The molecule has 0 aliphatic heterocycles. The van der Waals surface area contributed by atoms with Gasteiger partial charge in [-0.15, -0.1) is 0 Å². The molecule has 2 amide bonds. The molecule has 0 saturated heterocycles. The summed E-state index contributed by atoms with van der Waals surface area (Å²) in [6.07, 6.45) is 6.15. The summed E-state index contributed by atoms with van der Waals surface area (Å²) < 4.78 is 49.3. The van der Waals surface area contributed by atoms with Gasteiger partial charge in [-0.25, -0.2) is 9.59 Å². The number of nitrogens with two attached hydrogens (primary N) is 2. The Hall–Kier alpha value is -4.07. The number of aliphatic hydroxyl groups excluding tert-OH is 3. The average molecular weight is 1310 g/mol. The number of azide groups is 1. The van der Waals surface area contributed by atoms with E-state index in [0.717, 1.165) is 31.8 Å². The fraction of sp³-hybridized carbons (Fsp3) is 0.836. The number of hydrogen-bond donors (Lipinski definition) is 7. The zero-order chi connectivity index (χ0) is 67.8. The van der Waals surface area contributed by atoms with Crippen LogP contribution < -0.4 is 51.7 Å². The molecule has 0 radical (unpaired) electrons. The molecule has 0 aromatic heterocycles. The second kappa shape index (κ2) is 55.4. The third-order valence-corrected chi connectivity index (χ3v) is 10.5. The summed E-state index contributed by atoms with van der Waals surface area (Å²) in [6.45, 7) is 31.0. The van der Waals surface area contributed by atoms with Crippen LogP contribution in [0, 0.1) is 5.41 Å². The number of Topliss-reactive ketones (excluding diaryl/α,β-unsaturated/α-hetero) is 4. The van der Waals surface area contributed by atoms with E-state index in [2.05, 4.69) is 27.2 Å². The van der Waals surface area contributed by atoms with Crippen LogP contribution in [0.4, 0.5) is 4.79 Å². The first kappa shape index (κ1) is 99.5. The van der Waals surface area contributed by atoms with E-state index in [1.165, 1.54) is 20.8 Å². The van der Waals surface area contributed by atoms with E-state index in [9.17, 15) is 38.4 Å². The third-order valence-electron chi connectivity index (χ3n) is 10.5. The summed E-state index contributed by atoms with van der Waals surface area (Å²) in [6, 6.07) is -0.431. The minimum absolute atomic E-state index is 0. The number of nitrogens with one attached hydrogen (secondary N) is 2. The van der Waals surface area contributed by atoms with Crippen molar-refractivity contribution >= 4 is 47.1 Å². The summed E-state index contributed by atoms with van der Waals surface area (Å²) in [5.74, 6) is -1.02. The number of urea groups is 1. The molecule has 0 aromatic carbocycles. The van der Waals surface area contributed by atoms with Gasteiger partial charge in [0.15, 0.2) is 0 Å². The van der Waals surface area contributed by atoms with Crippen LogP contribution in [0.5, 0.6) is 0 Å². The van der Waals surface area contributed by atoms with E-state index in [1.807, 2.05) is 41.5 Å². The normalized spacial score (nSPS) is 11.4. The number of ketones is 4. The van der Waals surface area contributed by atoms with Crippen LogP contribution in [0.15, 0.2) is 17.8 Å². The quantitative estimate of drug-likeness (QED) is 0.00674. The molecule has 0 aliphatic rings. The van der Waals surface area contributed by atoms with Gasteiger partial charge in [0.1, 0.15) is 45.5 Å². The van der Waals surface area contributed by atoms with Gasteiger partial charge < -0.3 is 85.5 Å². The van der Waals surface area contributed by atoms with Gasteiger partial charge in [0.05, 0.1) is 123 Å². The van der Waals surface area contributed by atoms with Crippen molar-refractivity contribution < 1.29 is 131 Å². The van der Waals surface area contributed by atoms with E-state index >= 15 is 0 Å². The Kier molecular flexibility index (Phi) is 61.2. The van der Waals surface area contributed by atoms with E-state index in [4.69, 9.17) is 74.9 Å². The first-order valence-corrected chi connectivity index (χ1v) is 29.4. The van der Waals surface area contributed by atoms with Gasteiger partial charge in [-0.1, -0.05) is 52.7 Å². The fourth-order valence-electron chi connectivity index (χ4n) is 6.28. The average Bonchev–Trinajstić information content (AvgIpc) is 3.48. The number of unbranched alkanes of at least 4 members (excludes halogenated alkanes) is 3. The van der Waals surface area contributed by atoms with Gasteiger partial charge in [-0.2, -0.15) is 0 Å². The molecule has 29 heteroatoms. The number of aliphatic hydroxyl groups is 3. The molecular formula is C61H118N7NaO21. The van der Waals surface area contributed by atoms with Crippen molar-refractivity contribution in [1.82, 2.24) is 10.6 Å². The largest absolute Gasteiger partial charge is 1.00 e. The Morgan fingerprint density at radius 2 is 0.878 bits per heavy atom. The second-order valence-corrected chi connectivity index (χ2v) is 25.3. The van der Waals surface area contributed by atoms with Crippen molar-refractivity contribution in [3.63, 3.8) is 0 Å². The molecule has 0 unspecified atom stereocenters. The maximum absolute atomic E-state index is 12.6. The van der Waals surface area contributed by atoms with Gasteiger partial charge in [0.2, 0.25) is 0 Å². The first-order chi connectivity index (χ1) is 40.1. The zero-order valence-corrected chi connectivity index (χ0v) is 58.8. The van der Waals surface area contributed by atoms with Crippen molar-refractivity contribution in [2.24, 2.45) is 22.0 Å². The van der Waals surface area contributed by atoms with Crippen molar-refractivity contribution in [2.75, 3.05) is 112 Å². The van der Waals surface area contributed by atoms with Gasteiger partial charge in [0.25, 0.3) is 0 Å². The first-order valence-electron chi connectivity index (χ1n) is 29.4. The van der Waals surface area contributed by atoms with Crippen LogP contribution in [0.1, 0.15) is 182 Å². The van der Waals surface area contributed by atoms with Gasteiger partial charge in [0, 0.05) is 56.2 Å². The Morgan fingerprint density at radius 3 is 1.18 bits per heavy atom. The van der Waals surface area contributed by atoms with E-state index in [-0.39, 0.29) is 200 Å². The minimum atomic E-state index is -1.21. The summed E-state index contributed by atoms with van der Waals surface area (Å²) in [5, 5.41) is 34.2. The molecule has 28 nitrogen and oxygen atoms in total. The molecule has 0 atom stereocenters. The molecule has 90 heavy (non-hydrogen) atoms. The summed E-state index contributed by atoms with van der Waals surface area (Å²) in [5.41, 5.74) is 15.0. The van der Waals surface area contributed by atoms with Crippen LogP contribution in [-0.4, -0.2) is 213 Å². The minimum Gasteiger partial charge on any atom is -0.870 e. The molecule has 0 rings (SSSR count). The molecule has 0 bridgehead atoms. The molecular weight excluding hydrogens is 1190 g/mol. The molecule has 0 aromatic rings. The predicted molar refractivity (Wildman–Crippen MR) is 337 cm³/mol. The number of ether oxygens (including phenoxy) is 9. The van der Waals surface area contributed by atoms with Crippen molar-refractivity contribution in [1.29, 1.82) is 0 Å². The number of hydrogen-bond acceptors (Lipinski definition) is 24. The van der Waals surface area contributed by atoms with Crippen molar-refractivity contribution in [2.45, 2.75) is 215 Å². The van der Waals surface area contributed by atoms with Crippen molar-refractivity contribution in [3.05, 3.63) is 23.1 Å². The van der Waals surface area contributed by atoms with Crippen molar-refractivity contribution in [3.8, 4) is 0 Å². The molecule has 524 valence electrons. The maximum Gasteiger partial charge on any atom is 1.00 e. The standard InChI is InChI=1S/C26H49NO8.C23H41N5O7.C7H12O2.C4H11NO3.CH4.Na.H2O/c1-23(2,3)16-20(28)10-13-31-17-26(27,18-32-14-11-21(29)34-24(4,5)6)19-33-15-12-22(30)35-25(7,8)9;1-19(29)8-13-33-16-23(17-34-14-9-20(2)30,18-35-15-10-21(3)31)27-22(32)25-11-6-4-5-7-12-26-28-24;1-5-6(8)9-7(2,3)4;5-4(1-6,2-7)3-8;;;/h10-19,27H2,1-9H3;4-18H2,1-3H3,(H2,25,27,32);5H,1H2,2-4H3;6-8H,1-3,5H2;1H4;;1H2/q;;;;;+1;/p-1. The van der Waals surface area contributed by atoms with Crippen LogP contribution in [0.25, 0.3) is 10.4 Å². The van der Waals surface area contributed by atoms with Crippen LogP contribution in [0.3, 0.4) is 0 Å². The Labute approximate surface area is 558 Å². The summed E-state index contributed by atoms with van der Waals surface area (Å²) >= 11 is 0. The van der Waals surface area contributed by atoms with E-state index in [0.29, 0.717) is 25.9 Å². The molecule has 0 fully saturated rings. The number of carbonyl (C=O) groups excluding carboxylic acids is 8. The zero-order valence-electron chi connectivity index (χ0n) is 56.8. The maximum atomic E-state index is 12.6. The molecule has 0 saturated carbocycles. The second-order valence-electron chi connectivity index (χ2n) is 25.3. The summed E-state index contributed by atoms with van der Waals surface area (Å²) in [4.78, 5) is 95.4. The van der Waals surface area contributed by atoms with Gasteiger partial charge in [-0.05, 0) is 107 Å². The Morgan fingerprint density at radius 1 is 0.533 bits per heavy atom. The van der Waals surface area contributed by atoms with Crippen LogP contribution in [-0.2, 0) is 76.2 Å². The van der Waals surface area contributed by atoms with E-state index < -0.39 is 59.3 Å². The third kappa shape index (κ3) is 71.4. The SMILES string of the molecule is C.C=CC(=O)OC(C)(C)C.CC(=O)CCOCC(COCCC(C)=O)(COCCC(C)=O)NC(=O)NCCCCCCN=[N+]=[N-].CC(C)(C)CC(=O)CCOCC(N)(COCCC(=O)OC(C)(C)C)COCCC(=O)OC(C)(C)C.NC(CO)(CO)CO.[Na+].[OH-]. The van der Waals surface area contributed by atoms with E-state index in [1.54, 1.807) is 41.5 Å². The number of rotatable bonds is 43. The summed E-state index contributed by atoms with van der Waals surface area (Å²) in [7, 11) is 0.